The minimum absolute atomic E-state index is 0.0465. The summed E-state index contributed by atoms with van der Waals surface area (Å²) in [6, 6.07) is 7.64. The van der Waals surface area contributed by atoms with E-state index in [4.69, 9.17) is 4.52 Å². The average Bonchev–Trinajstić information content (AvgIpc) is 3.35. The van der Waals surface area contributed by atoms with Gasteiger partial charge in [-0.25, -0.2) is 4.39 Å². The Labute approximate surface area is 177 Å². The average molecular weight is 450 g/mol. The van der Waals surface area contributed by atoms with E-state index >= 15 is 0 Å². The summed E-state index contributed by atoms with van der Waals surface area (Å²) in [5.74, 6) is 0.0793. The van der Waals surface area contributed by atoms with Gasteiger partial charge in [0.1, 0.15) is 12.4 Å². The number of aryl methyl sites for hydroxylation is 1. The first kappa shape index (κ1) is 21.0. The number of aromatic nitrogens is 6. The molecule has 31 heavy (non-hydrogen) atoms. The molecule has 0 N–H and O–H groups in total. The lowest BCUT2D eigenvalue weighted by Gasteiger charge is -2.12. The fraction of sp³-hybridized carbons (Fsp3) is 0.211. The van der Waals surface area contributed by atoms with Crippen LogP contribution in [0.4, 0.5) is 17.6 Å². The number of alkyl halides is 3. The fourth-order valence-electron chi connectivity index (χ4n) is 2.72. The maximum absolute atomic E-state index is 13.8. The molecule has 160 valence electrons. The summed E-state index contributed by atoms with van der Waals surface area (Å²) < 4.78 is 59.3. The van der Waals surface area contributed by atoms with E-state index < -0.39 is 18.5 Å². The molecule has 0 unspecified atom stereocenters. The second kappa shape index (κ2) is 8.46. The largest absolute Gasteiger partial charge is 0.406 e. The van der Waals surface area contributed by atoms with Crippen LogP contribution in [-0.2, 0) is 12.3 Å². The third-order valence-corrected chi connectivity index (χ3v) is 5.17. The lowest BCUT2D eigenvalue weighted by Crippen LogP contribution is -2.19. The van der Waals surface area contributed by atoms with E-state index in [0.29, 0.717) is 16.7 Å². The Bertz CT molecular complexity index is 1190. The van der Waals surface area contributed by atoms with Crippen molar-refractivity contribution >= 4 is 11.8 Å². The number of halogens is 4. The van der Waals surface area contributed by atoms with Crippen LogP contribution >= 0.6 is 11.8 Å². The molecule has 0 spiro atoms. The third kappa shape index (κ3) is 4.90. The Kier molecular flexibility index (Phi) is 5.72. The summed E-state index contributed by atoms with van der Waals surface area (Å²) in [4.78, 5) is 8.04. The number of benzene rings is 1. The Morgan fingerprint density at radius 3 is 2.55 bits per heavy atom. The van der Waals surface area contributed by atoms with Crippen molar-refractivity contribution in [2.24, 2.45) is 0 Å². The maximum Gasteiger partial charge on any atom is 0.406 e. The molecule has 0 aliphatic carbocycles. The number of rotatable bonds is 6. The van der Waals surface area contributed by atoms with Crippen LogP contribution in [-0.4, -0.2) is 36.1 Å². The van der Waals surface area contributed by atoms with E-state index in [1.165, 1.54) is 18.5 Å². The molecule has 0 saturated heterocycles. The van der Waals surface area contributed by atoms with E-state index in [1.807, 2.05) is 0 Å². The number of hydrogen-bond donors (Lipinski definition) is 0. The first-order valence-corrected chi connectivity index (χ1v) is 9.91. The predicted octanol–water partition coefficient (Wildman–Crippen LogP) is 4.69. The molecule has 0 aliphatic heterocycles. The summed E-state index contributed by atoms with van der Waals surface area (Å²) in [5, 5.41) is 11.7. The van der Waals surface area contributed by atoms with Crippen molar-refractivity contribution in [2.75, 3.05) is 0 Å². The van der Waals surface area contributed by atoms with Crippen LogP contribution < -0.4 is 0 Å². The smallest absolute Gasteiger partial charge is 0.338 e. The molecule has 0 bridgehead atoms. The van der Waals surface area contributed by atoms with Crippen LogP contribution in [0.1, 0.15) is 11.5 Å². The predicted molar refractivity (Wildman–Crippen MR) is 103 cm³/mol. The molecule has 0 atom stereocenters. The molecule has 7 nitrogen and oxygen atoms in total. The highest BCUT2D eigenvalue weighted by atomic mass is 32.2. The quantitative estimate of drug-likeness (QED) is 0.311. The van der Waals surface area contributed by atoms with E-state index in [-0.39, 0.29) is 28.4 Å². The highest BCUT2D eigenvalue weighted by Gasteiger charge is 2.31. The van der Waals surface area contributed by atoms with E-state index in [2.05, 4.69) is 25.3 Å². The van der Waals surface area contributed by atoms with Crippen LogP contribution in [0.3, 0.4) is 0 Å². The minimum Gasteiger partial charge on any atom is -0.338 e. The van der Waals surface area contributed by atoms with Crippen molar-refractivity contribution < 1.29 is 22.1 Å². The summed E-state index contributed by atoms with van der Waals surface area (Å²) >= 11 is 0.974. The zero-order valence-corrected chi connectivity index (χ0v) is 16.8. The Morgan fingerprint density at radius 1 is 1.06 bits per heavy atom. The van der Waals surface area contributed by atoms with Crippen LogP contribution in [0.2, 0.25) is 0 Å². The molecule has 1 aromatic carbocycles. The Balaban J connectivity index is 1.55. The van der Waals surface area contributed by atoms with Crippen molar-refractivity contribution in [3.63, 3.8) is 0 Å². The molecule has 0 saturated carbocycles. The standard InChI is InChI=1S/C19H14F4N6OS/c1-11-2-3-13(8-14(11)20)16-25-15(30-28-16)9-31-18-27-26-17(12-4-6-24-7-5-12)29(18)10-19(21,22)23/h2-8H,9-10H2,1H3. The molecular weight excluding hydrogens is 436 g/mol. The number of hydrogen-bond acceptors (Lipinski definition) is 7. The normalized spacial score (nSPS) is 11.8. The summed E-state index contributed by atoms with van der Waals surface area (Å²) in [6.07, 6.45) is -1.54. The van der Waals surface area contributed by atoms with Gasteiger partial charge in [0.15, 0.2) is 11.0 Å². The topological polar surface area (TPSA) is 82.5 Å². The van der Waals surface area contributed by atoms with Crippen molar-refractivity contribution in [3.05, 3.63) is 60.0 Å². The van der Waals surface area contributed by atoms with Gasteiger partial charge in [-0.1, -0.05) is 29.1 Å². The van der Waals surface area contributed by atoms with Gasteiger partial charge in [0.05, 0.1) is 5.75 Å². The minimum atomic E-state index is -4.47. The van der Waals surface area contributed by atoms with Gasteiger partial charge < -0.3 is 4.52 Å². The third-order valence-electron chi connectivity index (χ3n) is 4.22. The Hall–Kier alpha value is -3.28. The summed E-state index contributed by atoms with van der Waals surface area (Å²) in [6.45, 7) is 0.381. The number of nitrogens with zero attached hydrogens (tertiary/aromatic N) is 6. The van der Waals surface area contributed by atoms with Gasteiger partial charge in [-0.05, 0) is 30.7 Å². The molecule has 4 aromatic rings. The van der Waals surface area contributed by atoms with E-state index in [0.717, 1.165) is 16.3 Å². The second-order valence-corrected chi connectivity index (χ2v) is 7.45. The number of thioether (sulfide) groups is 1. The summed E-state index contributed by atoms with van der Waals surface area (Å²) in [7, 11) is 0. The lowest BCUT2D eigenvalue weighted by molar-refractivity contribution is -0.141. The Morgan fingerprint density at radius 2 is 1.84 bits per heavy atom. The molecule has 3 aromatic heterocycles. The van der Waals surface area contributed by atoms with Gasteiger partial charge in [-0.2, -0.15) is 18.2 Å². The van der Waals surface area contributed by atoms with Crippen LogP contribution in [0.15, 0.2) is 52.4 Å². The first-order valence-electron chi connectivity index (χ1n) is 8.92. The highest BCUT2D eigenvalue weighted by Crippen LogP contribution is 2.30. The lowest BCUT2D eigenvalue weighted by atomic mass is 10.1. The molecular formula is C19H14F4N6OS. The number of pyridine rings is 1. The fourth-order valence-corrected chi connectivity index (χ4v) is 3.50. The second-order valence-electron chi connectivity index (χ2n) is 6.51. The SMILES string of the molecule is Cc1ccc(-c2noc(CSc3nnc(-c4ccncc4)n3CC(F)(F)F)n2)cc1F. The van der Waals surface area contributed by atoms with Crippen molar-refractivity contribution in [1.82, 2.24) is 29.9 Å². The molecule has 0 amide bonds. The monoisotopic (exact) mass is 450 g/mol. The van der Waals surface area contributed by atoms with Gasteiger partial charge in [-0.15, -0.1) is 10.2 Å². The van der Waals surface area contributed by atoms with Crippen molar-refractivity contribution in [3.8, 4) is 22.8 Å². The highest BCUT2D eigenvalue weighted by molar-refractivity contribution is 7.98. The van der Waals surface area contributed by atoms with Crippen LogP contribution in [0.25, 0.3) is 22.8 Å². The van der Waals surface area contributed by atoms with E-state index in [1.54, 1.807) is 31.2 Å². The van der Waals surface area contributed by atoms with Gasteiger partial charge >= 0.3 is 6.18 Å². The first-order chi connectivity index (χ1) is 14.8. The zero-order chi connectivity index (χ0) is 22.0. The molecule has 4 rings (SSSR count). The molecule has 0 radical (unpaired) electrons. The van der Waals surface area contributed by atoms with E-state index in [9.17, 15) is 17.6 Å². The molecule has 0 aliphatic rings. The van der Waals surface area contributed by atoms with Crippen molar-refractivity contribution in [2.45, 2.75) is 30.6 Å². The van der Waals surface area contributed by atoms with Gasteiger partial charge in [-0.3, -0.25) is 9.55 Å². The van der Waals surface area contributed by atoms with Crippen LogP contribution in [0, 0.1) is 12.7 Å². The van der Waals surface area contributed by atoms with Crippen molar-refractivity contribution in [1.29, 1.82) is 0 Å². The molecule has 0 fully saturated rings. The molecule has 12 heteroatoms. The summed E-state index contributed by atoms with van der Waals surface area (Å²) in [5.41, 5.74) is 1.38. The van der Waals surface area contributed by atoms with Crippen LogP contribution in [0.5, 0.6) is 0 Å². The van der Waals surface area contributed by atoms with Gasteiger partial charge in [0.25, 0.3) is 0 Å². The molecule has 3 heterocycles. The van der Waals surface area contributed by atoms with Gasteiger partial charge in [0, 0.05) is 23.5 Å². The maximum atomic E-state index is 13.8. The zero-order valence-electron chi connectivity index (χ0n) is 16.0. The van der Waals surface area contributed by atoms with Gasteiger partial charge in [0.2, 0.25) is 11.7 Å².